The number of carbonyl (C=O) groups is 2. The number of allylic oxidation sites excluding steroid dienone is 1. The van der Waals surface area contributed by atoms with Gasteiger partial charge in [-0.2, -0.15) is 5.10 Å². The quantitative estimate of drug-likeness (QED) is 0.554. The van der Waals surface area contributed by atoms with Crippen LogP contribution in [0.5, 0.6) is 0 Å². The molecule has 0 radical (unpaired) electrons. The summed E-state index contributed by atoms with van der Waals surface area (Å²) in [5.41, 5.74) is 5.50. The predicted molar refractivity (Wildman–Crippen MR) is 67.0 cm³/mol. The first-order valence-corrected chi connectivity index (χ1v) is 5.29. The molecule has 0 aromatic heterocycles. The van der Waals surface area contributed by atoms with Crippen LogP contribution in [-0.4, -0.2) is 33.8 Å². The van der Waals surface area contributed by atoms with Crippen molar-refractivity contribution in [1.29, 1.82) is 0 Å². The molecule has 1 aromatic carbocycles. The lowest BCUT2D eigenvalue weighted by Gasteiger charge is -2.08. The van der Waals surface area contributed by atoms with E-state index >= 15 is 0 Å². The minimum atomic E-state index is -1.82. The van der Waals surface area contributed by atoms with Crippen LogP contribution >= 0.6 is 0 Å². The Morgan fingerprint density at radius 3 is 2.42 bits per heavy atom. The molecule has 0 spiro atoms. The summed E-state index contributed by atoms with van der Waals surface area (Å²) in [7, 11) is 0. The molecule has 7 heteroatoms. The van der Waals surface area contributed by atoms with E-state index in [1.54, 1.807) is 5.01 Å². The standard InChI is InChI=1S/C10H11N3.C2H2O4/c11-8-13-7-3-5-9-4-1-2-6-10(9)12-13;3-1(4)2(5)6/h1-7H,8,11H2;(H,3,4)(H,5,6). The molecule has 1 heterocycles. The summed E-state index contributed by atoms with van der Waals surface area (Å²) in [5, 5.41) is 22.9. The molecule has 0 unspecified atom stereocenters. The zero-order chi connectivity index (χ0) is 14.3. The maximum Gasteiger partial charge on any atom is 0.414 e. The highest BCUT2D eigenvalue weighted by Crippen LogP contribution is 1.89. The normalized spacial score (nSPS) is 11.9. The highest BCUT2D eigenvalue weighted by atomic mass is 16.4. The van der Waals surface area contributed by atoms with Crippen molar-refractivity contribution >= 4 is 18.0 Å². The number of hydrogen-bond donors (Lipinski definition) is 3. The molecule has 0 atom stereocenters. The lowest BCUT2D eigenvalue weighted by Crippen LogP contribution is -2.28. The SMILES string of the molecule is NCN1C=CC=c2ccccc2=N1.O=C(O)C(=O)O. The average Bonchev–Trinajstić information content (AvgIpc) is 2.60. The van der Waals surface area contributed by atoms with Crippen LogP contribution in [0, 0.1) is 0 Å². The summed E-state index contributed by atoms with van der Waals surface area (Å²) in [5.74, 6) is -3.65. The molecule has 0 saturated carbocycles. The van der Waals surface area contributed by atoms with E-state index in [0.717, 1.165) is 10.6 Å². The van der Waals surface area contributed by atoms with Gasteiger partial charge in [0.15, 0.2) is 0 Å². The summed E-state index contributed by atoms with van der Waals surface area (Å²) < 4.78 is 0. The van der Waals surface area contributed by atoms with E-state index in [1.807, 2.05) is 42.6 Å². The van der Waals surface area contributed by atoms with Gasteiger partial charge in [-0.3, -0.25) is 5.01 Å². The fourth-order valence-electron chi connectivity index (χ4n) is 1.24. The number of carboxylic acids is 2. The molecule has 19 heavy (non-hydrogen) atoms. The Morgan fingerprint density at radius 2 is 1.84 bits per heavy atom. The van der Waals surface area contributed by atoms with Gasteiger partial charge in [-0.1, -0.05) is 24.3 Å². The number of nitrogens with two attached hydrogens (primary N) is 1. The van der Waals surface area contributed by atoms with Crippen LogP contribution in [0.25, 0.3) is 6.08 Å². The van der Waals surface area contributed by atoms with Crippen LogP contribution in [0.2, 0.25) is 0 Å². The molecular formula is C12H13N3O4. The smallest absolute Gasteiger partial charge is 0.414 e. The minimum absolute atomic E-state index is 0.401. The molecule has 1 aliphatic heterocycles. The summed E-state index contributed by atoms with van der Waals surface area (Å²) in [6.45, 7) is 0.401. The lowest BCUT2D eigenvalue weighted by atomic mass is 10.3. The fraction of sp³-hybridized carbons (Fsp3) is 0.0833. The fourth-order valence-corrected chi connectivity index (χ4v) is 1.24. The zero-order valence-electron chi connectivity index (χ0n) is 9.93. The average molecular weight is 263 g/mol. The molecule has 2 rings (SSSR count). The lowest BCUT2D eigenvalue weighted by molar-refractivity contribution is -0.159. The number of rotatable bonds is 1. The van der Waals surface area contributed by atoms with Gasteiger partial charge < -0.3 is 15.9 Å². The number of hydrogen-bond acceptors (Lipinski definition) is 5. The Kier molecular flexibility index (Phi) is 5.24. The molecular weight excluding hydrogens is 250 g/mol. The first-order chi connectivity index (χ1) is 9.04. The van der Waals surface area contributed by atoms with E-state index < -0.39 is 11.9 Å². The maximum absolute atomic E-state index is 9.10. The van der Waals surface area contributed by atoms with Crippen LogP contribution in [0.15, 0.2) is 41.6 Å². The van der Waals surface area contributed by atoms with Crippen LogP contribution in [0.1, 0.15) is 0 Å². The Bertz CT molecular complexity index is 598. The number of nitrogens with zero attached hydrogens (tertiary/aromatic N) is 2. The second-order valence-electron chi connectivity index (χ2n) is 3.40. The van der Waals surface area contributed by atoms with Crippen LogP contribution in [-0.2, 0) is 9.59 Å². The van der Waals surface area contributed by atoms with Gasteiger partial charge in [-0.15, -0.1) is 0 Å². The van der Waals surface area contributed by atoms with Crippen molar-refractivity contribution < 1.29 is 19.8 Å². The van der Waals surface area contributed by atoms with Gasteiger partial charge in [0.2, 0.25) is 0 Å². The maximum atomic E-state index is 9.10. The van der Waals surface area contributed by atoms with Crippen LogP contribution in [0.3, 0.4) is 0 Å². The van der Waals surface area contributed by atoms with Crippen molar-refractivity contribution in [3.8, 4) is 0 Å². The first-order valence-electron chi connectivity index (χ1n) is 5.29. The molecule has 1 aromatic rings. The van der Waals surface area contributed by atoms with E-state index in [4.69, 9.17) is 25.5 Å². The third-order valence-electron chi connectivity index (χ3n) is 2.08. The van der Waals surface area contributed by atoms with Gasteiger partial charge in [-0.25, -0.2) is 9.59 Å². The predicted octanol–water partition coefficient (Wildman–Crippen LogP) is -1.10. The van der Waals surface area contributed by atoms with E-state index in [2.05, 4.69) is 5.10 Å². The monoisotopic (exact) mass is 263 g/mol. The van der Waals surface area contributed by atoms with Crippen molar-refractivity contribution in [2.75, 3.05) is 6.67 Å². The molecule has 0 fully saturated rings. The Hall–Kier alpha value is -2.67. The Morgan fingerprint density at radius 1 is 1.21 bits per heavy atom. The first kappa shape index (κ1) is 14.4. The molecule has 0 saturated heterocycles. The summed E-state index contributed by atoms with van der Waals surface area (Å²) in [4.78, 5) is 18.2. The molecule has 100 valence electrons. The molecule has 0 amide bonds. The van der Waals surface area contributed by atoms with Crippen molar-refractivity contribution in [2.24, 2.45) is 10.8 Å². The van der Waals surface area contributed by atoms with E-state index in [0.29, 0.717) is 6.67 Å². The van der Waals surface area contributed by atoms with Crippen LogP contribution in [0.4, 0.5) is 0 Å². The summed E-state index contributed by atoms with van der Waals surface area (Å²) in [6.07, 6.45) is 5.83. The molecule has 4 N–H and O–H groups in total. The Labute approximate surface area is 108 Å². The van der Waals surface area contributed by atoms with Crippen molar-refractivity contribution in [1.82, 2.24) is 5.01 Å². The number of fused-ring (bicyclic) bond motifs is 1. The van der Waals surface area contributed by atoms with Gasteiger partial charge in [-0.05, 0) is 12.1 Å². The van der Waals surface area contributed by atoms with Gasteiger partial charge >= 0.3 is 11.9 Å². The highest BCUT2D eigenvalue weighted by Gasteiger charge is 2.04. The minimum Gasteiger partial charge on any atom is -0.473 e. The van der Waals surface area contributed by atoms with Crippen molar-refractivity contribution in [2.45, 2.75) is 0 Å². The van der Waals surface area contributed by atoms with E-state index in [1.165, 1.54) is 0 Å². The third-order valence-corrected chi connectivity index (χ3v) is 2.08. The number of benzene rings is 1. The van der Waals surface area contributed by atoms with Crippen molar-refractivity contribution in [3.63, 3.8) is 0 Å². The summed E-state index contributed by atoms with van der Waals surface area (Å²) >= 11 is 0. The number of carboxylic acid groups (broad SMARTS) is 2. The van der Waals surface area contributed by atoms with E-state index in [-0.39, 0.29) is 0 Å². The molecule has 0 aliphatic carbocycles. The Balaban J connectivity index is 0.000000258. The second kappa shape index (κ2) is 6.92. The van der Waals surface area contributed by atoms with Crippen LogP contribution < -0.4 is 16.3 Å². The topological polar surface area (TPSA) is 116 Å². The van der Waals surface area contributed by atoms with Crippen molar-refractivity contribution in [3.05, 3.63) is 47.1 Å². The molecule has 7 nitrogen and oxygen atoms in total. The van der Waals surface area contributed by atoms with Gasteiger partial charge in [0, 0.05) is 11.4 Å². The molecule has 0 bridgehead atoms. The zero-order valence-corrected chi connectivity index (χ0v) is 9.93. The molecule has 1 aliphatic rings. The third kappa shape index (κ3) is 4.60. The van der Waals surface area contributed by atoms with E-state index in [9.17, 15) is 0 Å². The van der Waals surface area contributed by atoms with Gasteiger partial charge in [0.25, 0.3) is 0 Å². The summed E-state index contributed by atoms with van der Waals surface area (Å²) in [6, 6.07) is 7.97. The number of aliphatic carboxylic acids is 2. The highest BCUT2D eigenvalue weighted by molar-refractivity contribution is 6.27. The van der Waals surface area contributed by atoms with Gasteiger partial charge in [0.1, 0.15) is 0 Å². The second-order valence-corrected chi connectivity index (χ2v) is 3.40. The largest absolute Gasteiger partial charge is 0.473 e. The van der Waals surface area contributed by atoms with Gasteiger partial charge in [0.05, 0.1) is 12.0 Å².